The minimum Gasteiger partial charge on any atom is -0.168 e. The van der Waals surface area contributed by atoms with E-state index in [0.717, 1.165) is 0 Å². The molecule has 0 radical (unpaired) electrons. The molecule has 0 aliphatic carbocycles. The number of hydrogen-bond donors (Lipinski definition) is 0. The van der Waals surface area contributed by atoms with Gasteiger partial charge in [-0.3, -0.25) is 0 Å². The molecule has 0 N–H and O–H groups in total. The Morgan fingerprint density at radius 1 is 0.559 bits per heavy atom. The van der Waals surface area contributed by atoms with Crippen molar-refractivity contribution in [1.82, 2.24) is 0 Å². The maximum absolute atomic E-state index is 5.62. The van der Waals surface area contributed by atoms with Gasteiger partial charge < -0.3 is 0 Å². The van der Waals surface area contributed by atoms with Gasteiger partial charge in [0.25, 0.3) is 0 Å². The van der Waals surface area contributed by atoms with Crippen molar-refractivity contribution in [3.8, 4) is 11.1 Å². The third-order valence-electron chi connectivity index (χ3n) is 5.68. The van der Waals surface area contributed by atoms with Gasteiger partial charge in [-0.05, 0) is 16.3 Å². The molecule has 0 bridgehead atoms. The van der Waals surface area contributed by atoms with E-state index in [4.69, 9.17) is 17.0 Å². The van der Waals surface area contributed by atoms with Crippen molar-refractivity contribution in [3.05, 3.63) is 121 Å². The van der Waals surface area contributed by atoms with E-state index in [2.05, 4.69) is 134 Å². The zero-order chi connectivity index (χ0) is 23.9. The Labute approximate surface area is 216 Å². The first kappa shape index (κ1) is 25.1. The summed E-state index contributed by atoms with van der Waals surface area (Å²) in [5.41, 5.74) is 2.41. The Hall–Kier alpha value is -1.96. The molecule has 0 amide bonds. The van der Waals surface area contributed by atoms with Gasteiger partial charge in [0.1, 0.15) is 0 Å². The topological polar surface area (TPSA) is 0 Å². The van der Waals surface area contributed by atoms with Crippen LogP contribution in [0.4, 0.5) is 0 Å². The van der Waals surface area contributed by atoms with Gasteiger partial charge in [0.2, 0.25) is 0 Å². The van der Waals surface area contributed by atoms with Crippen LogP contribution in [0.25, 0.3) is 43.4 Å². The molecule has 0 saturated heterocycles. The van der Waals surface area contributed by atoms with Gasteiger partial charge in [-0.15, -0.1) is 58.6 Å². The quantitative estimate of drug-likeness (QED) is 0.135. The van der Waals surface area contributed by atoms with Crippen molar-refractivity contribution in [3.63, 3.8) is 0 Å². The molecule has 0 aromatic heterocycles. The molecule has 0 spiro atoms. The van der Waals surface area contributed by atoms with E-state index in [1.54, 1.807) is 0 Å². The molecule has 0 heterocycles. The van der Waals surface area contributed by atoms with Crippen LogP contribution in [0.5, 0.6) is 0 Å². The summed E-state index contributed by atoms with van der Waals surface area (Å²) in [4.78, 5) is 0. The summed E-state index contributed by atoms with van der Waals surface area (Å²) in [6.07, 6.45) is 0. The summed E-state index contributed by atoms with van der Waals surface area (Å²) in [5, 5.41) is 7.92. The van der Waals surface area contributed by atoms with Crippen LogP contribution in [0, 0.1) is 0 Å². The molecule has 6 aromatic rings. The van der Waals surface area contributed by atoms with Crippen LogP contribution in [0.2, 0.25) is 13.1 Å². The molecule has 4 heteroatoms. The van der Waals surface area contributed by atoms with Gasteiger partial charge in [-0.2, -0.15) is 29.7 Å². The van der Waals surface area contributed by atoms with Crippen molar-refractivity contribution < 1.29 is 18.0 Å². The van der Waals surface area contributed by atoms with E-state index >= 15 is 0 Å². The second kappa shape index (κ2) is 12.1. The number of rotatable bonds is 1. The Bertz CT molecular complexity index is 1500. The van der Waals surface area contributed by atoms with Crippen LogP contribution in [0.15, 0.2) is 121 Å². The normalized spacial score (nSPS) is 10.4. The molecular formula is C30H26Cl2SiZr-2. The number of fused-ring (bicyclic) bond motifs is 3. The van der Waals surface area contributed by atoms with Gasteiger partial charge in [0, 0.05) is 0 Å². The first-order chi connectivity index (χ1) is 16.5. The third kappa shape index (κ3) is 6.18. The smallest absolute Gasteiger partial charge is 0.0114 e. The van der Waals surface area contributed by atoms with Crippen molar-refractivity contribution in [2.24, 2.45) is 0 Å². The zero-order valence-electron chi connectivity index (χ0n) is 19.3. The monoisotopic (exact) mass is 574 g/mol. The van der Waals surface area contributed by atoms with Crippen molar-refractivity contribution in [2.45, 2.75) is 13.1 Å². The average Bonchev–Trinajstić information content (AvgIpc) is 3.54. The van der Waals surface area contributed by atoms with Crippen LogP contribution in [-0.4, -0.2) is 5.43 Å². The van der Waals surface area contributed by atoms with Crippen LogP contribution >= 0.6 is 17.0 Å². The van der Waals surface area contributed by atoms with E-state index < -0.39 is 18.0 Å². The summed E-state index contributed by atoms with van der Waals surface area (Å²) in [5.74, 6) is 0. The van der Waals surface area contributed by atoms with Crippen molar-refractivity contribution in [1.29, 1.82) is 0 Å². The van der Waals surface area contributed by atoms with Crippen molar-refractivity contribution >= 4 is 54.8 Å². The standard InChI is InChI=1S/C19H13.C9H7.C2H6Si.2ClH.Zr/c1-2-10-16-14(6-1)8-4-12-18(16)19-13-5-9-15-7-3-11-17(15)19;1-2-5-9-7-3-6-8(9)4-1;1-3-2;;;/h1-13H;1-7H;1-2H3;2*1H;/q2*-1;;;;+2/p-2. The molecule has 0 aliphatic rings. The summed E-state index contributed by atoms with van der Waals surface area (Å²) < 4.78 is 0. The fraction of sp³-hybridized carbons (Fsp3) is 0.0667. The van der Waals surface area contributed by atoms with Crippen molar-refractivity contribution in [2.75, 3.05) is 0 Å². The molecule has 0 unspecified atom stereocenters. The fourth-order valence-electron chi connectivity index (χ4n) is 3.93. The second-order valence-electron chi connectivity index (χ2n) is 8.28. The molecule has 6 rings (SSSR count). The molecule has 0 fully saturated rings. The minimum atomic E-state index is -1.65. The minimum absolute atomic E-state index is 0.224. The summed E-state index contributed by atoms with van der Waals surface area (Å²) in [6.45, 7) is 4.33. The SMILES string of the molecule is C[Si](C)=[Zr]([Cl])[Cl].c1ccc2[cH-]ccc2c1.c1ccc2c(-c3cccc4[cH-]ccc34)cccc2c1. The maximum Gasteiger partial charge on any atom is -0.0114 e. The number of hydrogen-bond acceptors (Lipinski definition) is 0. The van der Waals surface area contributed by atoms with Gasteiger partial charge >= 0.3 is 53.5 Å². The van der Waals surface area contributed by atoms with Crippen LogP contribution in [-0.2, 0) is 18.0 Å². The first-order valence-electron chi connectivity index (χ1n) is 11.3. The third-order valence-corrected chi connectivity index (χ3v) is 25.4. The second-order valence-corrected chi connectivity index (χ2v) is 31.3. The first-order valence-corrected chi connectivity index (χ1v) is 23.8. The maximum atomic E-state index is 5.62. The van der Waals surface area contributed by atoms with Crippen LogP contribution < -0.4 is 0 Å². The van der Waals surface area contributed by atoms with E-state index in [9.17, 15) is 0 Å². The molecule has 0 saturated carbocycles. The van der Waals surface area contributed by atoms with Gasteiger partial charge in [0.15, 0.2) is 0 Å². The molecule has 34 heavy (non-hydrogen) atoms. The Balaban J connectivity index is 0.000000151. The summed E-state index contributed by atoms with van der Waals surface area (Å²) in [7, 11) is 11.2. The summed E-state index contributed by atoms with van der Waals surface area (Å²) in [6, 6.07) is 42.8. The van der Waals surface area contributed by atoms with E-state index in [1.165, 1.54) is 43.4 Å². The van der Waals surface area contributed by atoms with Crippen LogP contribution in [0.1, 0.15) is 0 Å². The Morgan fingerprint density at radius 3 is 1.82 bits per heavy atom. The predicted octanol–water partition coefficient (Wildman–Crippen LogP) is 10.1. The van der Waals surface area contributed by atoms with Crippen LogP contribution in [0.3, 0.4) is 0 Å². The zero-order valence-corrected chi connectivity index (χ0v) is 24.3. The molecule has 0 nitrogen and oxygen atoms in total. The van der Waals surface area contributed by atoms with E-state index in [-0.39, 0.29) is 5.43 Å². The number of halogens is 2. The van der Waals surface area contributed by atoms with Gasteiger partial charge in [0.05, 0.1) is 0 Å². The Kier molecular flexibility index (Phi) is 8.98. The fourth-order valence-corrected chi connectivity index (χ4v) is 3.93. The predicted molar refractivity (Wildman–Crippen MR) is 151 cm³/mol. The van der Waals surface area contributed by atoms with Gasteiger partial charge in [-0.1, -0.05) is 60.2 Å². The molecular weight excluding hydrogens is 551 g/mol. The number of benzene rings is 4. The molecule has 6 aromatic carbocycles. The largest absolute Gasteiger partial charge is 0.168 e. The molecule has 170 valence electrons. The molecule has 0 aliphatic heterocycles. The Morgan fingerprint density at radius 2 is 1.09 bits per heavy atom. The molecule has 0 atom stereocenters. The van der Waals surface area contributed by atoms with E-state index in [0.29, 0.717) is 0 Å². The average molecular weight is 577 g/mol. The summed E-state index contributed by atoms with van der Waals surface area (Å²) >= 11 is -1.65. The van der Waals surface area contributed by atoms with E-state index in [1.807, 2.05) is 0 Å². The van der Waals surface area contributed by atoms with Gasteiger partial charge in [-0.25, -0.2) is 0 Å².